The Morgan fingerprint density at radius 1 is 1.38 bits per heavy atom. The van der Waals surface area contributed by atoms with Crippen LogP contribution < -0.4 is 10.6 Å². The SMILES string of the molecule is CCSC1CCCC1NC(=O)C1(COC)CCNCC1.Cl. The van der Waals surface area contributed by atoms with Crippen LogP contribution in [0, 0.1) is 5.41 Å². The number of amides is 1. The van der Waals surface area contributed by atoms with Crippen LogP contribution in [0.5, 0.6) is 0 Å². The molecule has 0 spiro atoms. The van der Waals surface area contributed by atoms with Crippen molar-refractivity contribution in [3.8, 4) is 0 Å². The van der Waals surface area contributed by atoms with Crippen LogP contribution in [0.4, 0.5) is 0 Å². The van der Waals surface area contributed by atoms with E-state index < -0.39 is 0 Å². The lowest BCUT2D eigenvalue weighted by Gasteiger charge is -2.37. The highest BCUT2D eigenvalue weighted by atomic mass is 35.5. The maximum Gasteiger partial charge on any atom is 0.228 e. The minimum absolute atomic E-state index is 0. The summed E-state index contributed by atoms with van der Waals surface area (Å²) >= 11 is 1.99. The van der Waals surface area contributed by atoms with Crippen molar-refractivity contribution >= 4 is 30.1 Å². The van der Waals surface area contributed by atoms with Crippen LogP contribution in [-0.2, 0) is 9.53 Å². The molecule has 2 aliphatic rings. The van der Waals surface area contributed by atoms with Crippen molar-refractivity contribution in [1.29, 1.82) is 0 Å². The first kappa shape index (κ1) is 19.1. The van der Waals surface area contributed by atoms with Crippen molar-refractivity contribution in [3.05, 3.63) is 0 Å². The fraction of sp³-hybridized carbons (Fsp3) is 0.933. The average Bonchev–Trinajstić information content (AvgIpc) is 2.88. The topological polar surface area (TPSA) is 50.4 Å². The van der Waals surface area contributed by atoms with Crippen LogP contribution in [0.15, 0.2) is 0 Å². The summed E-state index contributed by atoms with van der Waals surface area (Å²) in [4.78, 5) is 12.8. The van der Waals surface area contributed by atoms with E-state index in [1.807, 2.05) is 11.8 Å². The maximum atomic E-state index is 12.8. The van der Waals surface area contributed by atoms with E-state index >= 15 is 0 Å². The Hall–Kier alpha value is 0.0300. The summed E-state index contributed by atoms with van der Waals surface area (Å²) in [5, 5.41) is 7.28. The minimum atomic E-state index is -0.315. The molecule has 6 heteroatoms. The molecule has 1 aliphatic heterocycles. The molecule has 1 aliphatic carbocycles. The number of ether oxygens (including phenoxy) is 1. The van der Waals surface area contributed by atoms with E-state index in [9.17, 15) is 4.79 Å². The van der Waals surface area contributed by atoms with Gasteiger partial charge in [-0.2, -0.15) is 11.8 Å². The predicted molar refractivity (Wildman–Crippen MR) is 91.4 cm³/mol. The van der Waals surface area contributed by atoms with Crippen LogP contribution >= 0.6 is 24.2 Å². The maximum absolute atomic E-state index is 12.8. The fourth-order valence-electron chi connectivity index (χ4n) is 3.44. The van der Waals surface area contributed by atoms with Gasteiger partial charge >= 0.3 is 0 Å². The second kappa shape index (κ2) is 9.23. The fourth-order valence-corrected chi connectivity index (χ4v) is 4.64. The lowest BCUT2D eigenvalue weighted by Crippen LogP contribution is -2.53. The highest BCUT2D eigenvalue weighted by molar-refractivity contribution is 7.99. The number of nitrogens with one attached hydrogen (secondary N) is 2. The Morgan fingerprint density at radius 2 is 2.10 bits per heavy atom. The number of piperidine rings is 1. The van der Waals surface area contributed by atoms with Gasteiger partial charge < -0.3 is 15.4 Å². The summed E-state index contributed by atoms with van der Waals surface area (Å²) in [6.45, 7) is 4.56. The van der Waals surface area contributed by atoms with Gasteiger partial charge in [0, 0.05) is 18.4 Å². The van der Waals surface area contributed by atoms with E-state index in [1.54, 1.807) is 7.11 Å². The van der Waals surface area contributed by atoms with E-state index in [0.29, 0.717) is 17.9 Å². The zero-order chi connectivity index (χ0) is 14.4. The van der Waals surface area contributed by atoms with Crippen molar-refractivity contribution in [2.75, 3.05) is 32.6 Å². The standard InChI is InChI=1S/C15H28N2O2S.ClH/c1-3-20-13-6-4-5-12(13)17-14(18)15(11-19-2)7-9-16-10-8-15;/h12-13,16H,3-11H2,1-2H3,(H,17,18);1H. The quantitative estimate of drug-likeness (QED) is 0.781. The summed E-state index contributed by atoms with van der Waals surface area (Å²) in [5.74, 6) is 1.35. The number of hydrogen-bond acceptors (Lipinski definition) is 4. The smallest absolute Gasteiger partial charge is 0.228 e. The third kappa shape index (κ3) is 4.75. The molecule has 0 aromatic carbocycles. The summed E-state index contributed by atoms with van der Waals surface area (Å²) < 4.78 is 5.35. The molecule has 2 fully saturated rings. The summed E-state index contributed by atoms with van der Waals surface area (Å²) in [6, 6.07) is 0.357. The monoisotopic (exact) mass is 336 g/mol. The van der Waals surface area contributed by atoms with Gasteiger partial charge in [-0.3, -0.25) is 4.79 Å². The molecule has 21 heavy (non-hydrogen) atoms. The van der Waals surface area contributed by atoms with Crippen LogP contribution in [0.3, 0.4) is 0 Å². The highest BCUT2D eigenvalue weighted by Gasteiger charge is 2.41. The van der Waals surface area contributed by atoms with Crippen molar-refractivity contribution in [3.63, 3.8) is 0 Å². The molecule has 0 radical (unpaired) electrons. The number of methoxy groups -OCH3 is 1. The van der Waals surface area contributed by atoms with Gasteiger partial charge in [-0.25, -0.2) is 0 Å². The molecule has 1 amide bonds. The Bertz CT molecular complexity index is 319. The molecule has 2 atom stereocenters. The van der Waals surface area contributed by atoms with Crippen LogP contribution in [0.25, 0.3) is 0 Å². The molecule has 2 unspecified atom stereocenters. The molecule has 4 nitrogen and oxygen atoms in total. The summed E-state index contributed by atoms with van der Waals surface area (Å²) in [6.07, 6.45) is 5.37. The van der Waals surface area contributed by atoms with Gasteiger partial charge in [0.15, 0.2) is 0 Å². The average molecular weight is 337 g/mol. The molecular weight excluding hydrogens is 308 g/mol. The van der Waals surface area contributed by atoms with Gasteiger partial charge in [0.2, 0.25) is 5.91 Å². The molecule has 124 valence electrons. The van der Waals surface area contributed by atoms with Crippen molar-refractivity contribution in [2.24, 2.45) is 5.41 Å². The summed E-state index contributed by atoms with van der Waals surface area (Å²) in [5.41, 5.74) is -0.315. The number of hydrogen-bond donors (Lipinski definition) is 2. The molecule has 1 saturated heterocycles. The molecule has 0 aromatic rings. The Morgan fingerprint density at radius 3 is 2.71 bits per heavy atom. The van der Waals surface area contributed by atoms with Gasteiger partial charge in [-0.15, -0.1) is 12.4 Å². The molecule has 1 heterocycles. The number of rotatable bonds is 6. The molecular formula is C15H29ClN2O2S. The first-order chi connectivity index (χ1) is 9.72. The third-order valence-electron chi connectivity index (χ3n) is 4.61. The zero-order valence-electron chi connectivity index (χ0n) is 13.2. The molecule has 2 N–H and O–H groups in total. The molecule has 2 rings (SSSR count). The first-order valence-electron chi connectivity index (χ1n) is 7.84. The van der Waals surface area contributed by atoms with Gasteiger partial charge in [0.25, 0.3) is 0 Å². The van der Waals surface area contributed by atoms with Crippen molar-refractivity contribution < 1.29 is 9.53 Å². The second-order valence-electron chi connectivity index (χ2n) is 5.97. The Balaban J connectivity index is 0.00000220. The van der Waals surface area contributed by atoms with E-state index in [2.05, 4.69) is 17.6 Å². The number of halogens is 1. The number of thioether (sulfide) groups is 1. The predicted octanol–water partition coefficient (Wildman–Crippen LogP) is 2.21. The first-order valence-corrected chi connectivity index (χ1v) is 8.89. The van der Waals surface area contributed by atoms with Crippen LogP contribution in [0.1, 0.15) is 39.0 Å². The summed E-state index contributed by atoms with van der Waals surface area (Å²) in [7, 11) is 1.70. The van der Waals surface area contributed by atoms with Gasteiger partial charge in [-0.1, -0.05) is 13.3 Å². The molecule has 0 bridgehead atoms. The normalized spacial score (nSPS) is 27.9. The van der Waals surface area contributed by atoms with Gasteiger partial charge in [0.05, 0.1) is 12.0 Å². The van der Waals surface area contributed by atoms with E-state index in [-0.39, 0.29) is 23.7 Å². The largest absolute Gasteiger partial charge is 0.384 e. The van der Waals surface area contributed by atoms with Crippen molar-refractivity contribution in [1.82, 2.24) is 10.6 Å². The zero-order valence-corrected chi connectivity index (χ0v) is 14.8. The number of carbonyl (C=O) groups is 1. The van der Waals surface area contributed by atoms with E-state index in [0.717, 1.165) is 38.1 Å². The van der Waals surface area contributed by atoms with E-state index in [4.69, 9.17) is 4.74 Å². The molecule has 1 saturated carbocycles. The minimum Gasteiger partial charge on any atom is -0.384 e. The Kier molecular flexibility index (Phi) is 8.39. The lowest BCUT2D eigenvalue weighted by molar-refractivity contribution is -0.136. The number of carbonyl (C=O) groups excluding carboxylic acids is 1. The van der Waals surface area contributed by atoms with Crippen molar-refractivity contribution in [2.45, 2.75) is 50.3 Å². The Labute approximate surface area is 138 Å². The lowest BCUT2D eigenvalue weighted by atomic mass is 9.78. The third-order valence-corrected chi connectivity index (χ3v) is 5.94. The van der Waals surface area contributed by atoms with Crippen LogP contribution in [-0.4, -0.2) is 49.8 Å². The second-order valence-corrected chi connectivity index (χ2v) is 7.48. The molecule has 0 aromatic heterocycles. The van der Waals surface area contributed by atoms with Gasteiger partial charge in [0.1, 0.15) is 0 Å². The van der Waals surface area contributed by atoms with Gasteiger partial charge in [-0.05, 0) is 44.5 Å². The van der Waals surface area contributed by atoms with Crippen LogP contribution in [0.2, 0.25) is 0 Å². The van der Waals surface area contributed by atoms with E-state index in [1.165, 1.54) is 12.8 Å². The highest BCUT2D eigenvalue weighted by Crippen LogP contribution is 2.33.